The standard InChI is InChI=1S/C11H14O3/c1-8-3-2-4-9(5-8)11-13-6-10(12)7-14-11/h2-5,10-12H,6-7H2,1H3. The van der Waals surface area contributed by atoms with E-state index in [1.54, 1.807) is 0 Å². The van der Waals surface area contributed by atoms with Gasteiger partial charge in [-0.15, -0.1) is 0 Å². The Morgan fingerprint density at radius 3 is 2.64 bits per heavy atom. The molecule has 0 spiro atoms. The second-order valence-electron chi connectivity index (χ2n) is 3.57. The number of aliphatic hydroxyl groups is 1. The SMILES string of the molecule is Cc1cccc(C2OCC(O)CO2)c1. The van der Waals surface area contributed by atoms with Crippen molar-refractivity contribution in [3.05, 3.63) is 35.4 Å². The quantitative estimate of drug-likeness (QED) is 0.734. The number of ether oxygens (including phenoxy) is 2. The van der Waals surface area contributed by atoms with Crippen molar-refractivity contribution >= 4 is 0 Å². The van der Waals surface area contributed by atoms with Crippen LogP contribution in [0.2, 0.25) is 0 Å². The molecule has 1 aliphatic heterocycles. The zero-order valence-corrected chi connectivity index (χ0v) is 8.14. The van der Waals surface area contributed by atoms with E-state index in [4.69, 9.17) is 9.47 Å². The molecule has 76 valence electrons. The Kier molecular flexibility index (Phi) is 2.82. The highest BCUT2D eigenvalue weighted by Gasteiger charge is 2.21. The summed E-state index contributed by atoms with van der Waals surface area (Å²) in [5.74, 6) is 0. The highest BCUT2D eigenvalue weighted by atomic mass is 16.7. The third kappa shape index (κ3) is 2.12. The van der Waals surface area contributed by atoms with Crippen LogP contribution in [0.3, 0.4) is 0 Å². The van der Waals surface area contributed by atoms with E-state index in [0.29, 0.717) is 13.2 Å². The molecule has 1 fully saturated rings. The Bertz CT molecular complexity index is 303. The minimum absolute atomic E-state index is 0.321. The number of hydrogen-bond donors (Lipinski definition) is 1. The van der Waals surface area contributed by atoms with E-state index in [0.717, 1.165) is 5.56 Å². The molecule has 0 bridgehead atoms. The van der Waals surface area contributed by atoms with Crippen molar-refractivity contribution in [2.24, 2.45) is 0 Å². The summed E-state index contributed by atoms with van der Waals surface area (Å²) in [4.78, 5) is 0. The summed E-state index contributed by atoms with van der Waals surface area (Å²) in [5, 5.41) is 9.18. The summed E-state index contributed by atoms with van der Waals surface area (Å²) >= 11 is 0. The molecule has 0 saturated carbocycles. The van der Waals surface area contributed by atoms with Crippen molar-refractivity contribution < 1.29 is 14.6 Å². The summed E-state index contributed by atoms with van der Waals surface area (Å²) in [6, 6.07) is 8.00. The minimum Gasteiger partial charge on any atom is -0.388 e. The lowest BCUT2D eigenvalue weighted by molar-refractivity contribution is -0.220. The van der Waals surface area contributed by atoms with Gasteiger partial charge in [-0.2, -0.15) is 0 Å². The fraction of sp³-hybridized carbons (Fsp3) is 0.455. The van der Waals surface area contributed by atoms with E-state index >= 15 is 0 Å². The minimum atomic E-state index is -0.490. The first-order chi connectivity index (χ1) is 6.75. The maximum Gasteiger partial charge on any atom is 0.184 e. The van der Waals surface area contributed by atoms with Crippen LogP contribution in [0.5, 0.6) is 0 Å². The van der Waals surface area contributed by atoms with Gasteiger partial charge in [-0.3, -0.25) is 0 Å². The summed E-state index contributed by atoms with van der Waals surface area (Å²) < 4.78 is 10.7. The van der Waals surface area contributed by atoms with Crippen molar-refractivity contribution in [3.8, 4) is 0 Å². The van der Waals surface area contributed by atoms with Crippen molar-refractivity contribution in [3.63, 3.8) is 0 Å². The number of aliphatic hydroxyl groups excluding tert-OH is 1. The van der Waals surface area contributed by atoms with E-state index in [9.17, 15) is 5.11 Å². The summed E-state index contributed by atoms with van der Waals surface area (Å²) in [5.41, 5.74) is 2.19. The Labute approximate surface area is 83.3 Å². The number of hydrogen-bond acceptors (Lipinski definition) is 3. The molecular formula is C11H14O3. The number of rotatable bonds is 1. The second kappa shape index (κ2) is 4.09. The highest BCUT2D eigenvalue weighted by Crippen LogP contribution is 2.23. The van der Waals surface area contributed by atoms with Gasteiger partial charge in [0, 0.05) is 5.56 Å². The molecule has 0 radical (unpaired) electrons. The van der Waals surface area contributed by atoms with Crippen LogP contribution >= 0.6 is 0 Å². The fourth-order valence-corrected chi connectivity index (χ4v) is 1.50. The molecular weight excluding hydrogens is 180 g/mol. The molecule has 2 rings (SSSR count). The topological polar surface area (TPSA) is 38.7 Å². The van der Waals surface area contributed by atoms with Crippen LogP contribution in [0, 0.1) is 6.92 Å². The van der Waals surface area contributed by atoms with Gasteiger partial charge in [0.15, 0.2) is 6.29 Å². The lowest BCUT2D eigenvalue weighted by Gasteiger charge is -2.26. The Morgan fingerprint density at radius 1 is 1.29 bits per heavy atom. The molecule has 1 aromatic rings. The van der Waals surface area contributed by atoms with Gasteiger partial charge in [-0.05, 0) is 6.92 Å². The third-order valence-corrected chi connectivity index (χ3v) is 2.19. The Hall–Kier alpha value is -0.900. The molecule has 14 heavy (non-hydrogen) atoms. The summed E-state index contributed by atoms with van der Waals surface area (Å²) in [6.45, 7) is 2.72. The molecule has 0 amide bonds. The van der Waals surface area contributed by atoms with E-state index in [1.165, 1.54) is 5.56 Å². The van der Waals surface area contributed by atoms with Crippen LogP contribution in [0.25, 0.3) is 0 Å². The predicted octanol–water partition coefficient (Wildman–Crippen LogP) is 1.40. The van der Waals surface area contributed by atoms with E-state index in [1.807, 2.05) is 31.2 Å². The second-order valence-corrected chi connectivity index (χ2v) is 3.57. The lowest BCUT2D eigenvalue weighted by atomic mass is 10.1. The maximum absolute atomic E-state index is 9.18. The largest absolute Gasteiger partial charge is 0.388 e. The van der Waals surface area contributed by atoms with Crippen LogP contribution in [0.4, 0.5) is 0 Å². The number of benzene rings is 1. The predicted molar refractivity (Wildman–Crippen MR) is 51.8 cm³/mol. The van der Waals surface area contributed by atoms with E-state index in [-0.39, 0.29) is 6.29 Å². The molecule has 1 aliphatic rings. The van der Waals surface area contributed by atoms with E-state index in [2.05, 4.69) is 0 Å². The Balaban J connectivity index is 2.08. The molecule has 0 aliphatic carbocycles. The fourth-order valence-electron chi connectivity index (χ4n) is 1.50. The monoisotopic (exact) mass is 194 g/mol. The zero-order valence-electron chi connectivity index (χ0n) is 8.14. The molecule has 0 unspecified atom stereocenters. The van der Waals surface area contributed by atoms with Gasteiger partial charge in [-0.25, -0.2) is 0 Å². The van der Waals surface area contributed by atoms with Crippen molar-refractivity contribution in [2.45, 2.75) is 19.3 Å². The molecule has 3 heteroatoms. The van der Waals surface area contributed by atoms with Gasteiger partial charge in [0.1, 0.15) is 6.10 Å². The zero-order chi connectivity index (χ0) is 9.97. The van der Waals surface area contributed by atoms with Gasteiger partial charge in [0.25, 0.3) is 0 Å². The average Bonchev–Trinajstić information content (AvgIpc) is 2.19. The first-order valence-corrected chi connectivity index (χ1v) is 4.73. The van der Waals surface area contributed by atoms with Gasteiger partial charge < -0.3 is 14.6 Å². The molecule has 1 N–H and O–H groups in total. The normalized spacial score (nSPS) is 27.6. The summed E-state index contributed by atoms with van der Waals surface area (Å²) in [6.07, 6.45) is -0.811. The molecule has 0 aromatic heterocycles. The van der Waals surface area contributed by atoms with E-state index < -0.39 is 6.10 Å². The van der Waals surface area contributed by atoms with Crippen LogP contribution in [-0.4, -0.2) is 24.4 Å². The maximum atomic E-state index is 9.18. The van der Waals surface area contributed by atoms with Gasteiger partial charge in [-0.1, -0.05) is 29.8 Å². The van der Waals surface area contributed by atoms with Crippen LogP contribution in [0.15, 0.2) is 24.3 Å². The number of aryl methyl sites for hydroxylation is 1. The first-order valence-electron chi connectivity index (χ1n) is 4.73. The molecule has 1 saturated heterocycles. The van der Waals surface area contributed by atoms with Crippen LogP contribution in [-0.2, 0) is 9.47 Å². The van der Waals surface area contributed by atoms with Gasteiger partial charge in [0.2, 0.25) is 0 Å². The molecule has 1 aromatic carbocycles. The van der Waals surface area contributed by atoms with Crippen molar-refractivity contribution in [2.75, 3.05) is 13.2 Å². The highest BCUT2D eigenvalue weighted by molar-refractivity contribution is 5.23. The van der Waals surface area contributed by atoms with Crippen molar-refractivity contribution in [1.82, 2.24) is 0 Å². The van der Waals surface area contributed by atoms with Gasteiger partial charge in [0.05, 0.1) is 13.2 Å². The first kappa shape index (κ1) is 9.65. The molecule has 1 heterocycles. The third-order valence-electron chi connectivity index (χ3n) is 2.19. The summed E-state index contributed by atoms with van der Waals surface area (Å²) in [7, 11) is 0. The average molecular weight is 194 g/mol. The van der Waals surface area contributed by atoms with Crippen LogP contribution < -0.4 is 0 Å². The van der Waals surface area contributed by atoms with Gasteiger partial charge >= 0.3 is 0 Å². The lowest BCUT2D eigenvalue weighted by Crippen LogP contribution is -2.30. The molecule has 0 atom stereocenters. The van der Waals surface area contributed by atoms with Crippen molar-refractivity contribution in [1.29, 1.82) is 0 Å². The molecule has 3 nitrogen and oxygen atoms in total. The Morgan fingerprint density at radius 2 is 2.00 bits per heavy atom. The smallest absolute Gasteiger partial charge is 0.184 e. The van der Waals surface area contributed by atoms with Crippen LogP contribution in [0.1, 0.15) is 17.4 Å².